The summed E-state index contributed by atoms with van der Waals surface area (Å²) in [6, 6.07) is 3.31. The second-order valence-electron chi connectivity index (χ2n) is 5.81. The Kier molecular flexibility index (Phi) is 4.81. The molecule has 0 saturated heterocycles. The molecule has 2 rings (SSSR count). The first kappa shape index (κ1) is 15.0. The first-order valence-corrected chi connectivity index (χ1v) is 8.01. The number of amides is 2. The molecular weight excluding hydrogens is 272 g/mol. The summed E-state index contributed by atoms with van der Waals surface area (Å²) in [5.41, 5.74) is 0. The molecule has 5 heteroatoms. The Morgan fingerprint density at radius 3 is 2.45 bits per heavy atom. The Bertz CT molecular complexity index is 466. The summed E-state index contributed by atoms with van der Waals surface area (Å²) in [6.45, 7) is 5.93. The maximum atomic E-state index is 12.3. The highest BCUT2D eigenvalue weighted by Crippen LogP contribution is 2.32. The molecule has 2 amide bonds. The highest BCUT2D eigenvalue weighted by Gasteiger charge is 2.32. The van der Waals surface area contributed by atoms with E-state index in [1.165, 1.54) is 24.2 Å². The molecule has 0 aromatic carbocycles. The number of hydrogen-bond donors (Lipinski definition) is 2. The van der Waals surface area contributed by atoms with E-state index in [4.69, 9.17) is 0 Å². The predicted octanol–water partition coefficient (Wildman–Crippen LogP) is 2.42. The van der Waals surface area contributed by atoms with Crippen molar-refractivity contribution in [2.45, 2.75) is 45.7 Å². The molecule has 0 aliphatic heterocycles. The van der Waals surface area contributed by atoms with Crippen LogP contribution in [-0.2, 0) is 4.79 Å². The fourth-order valence-electron chi connectivity index (χ4n) is 2.18. The summed E-state index contributed by atoms with van der Waals surface area (Å²) in [6.07, 6.45) is 2.38. The van der Waals surface area contributed by atoms with Gasteiger partial charge in [0.2, 0.25) is 5.91 Å². The molecule has 1 heterocycles. The molecule has 0 spiro atoms. The van der Waals surface area contributed by atoms with Crippen LogP contribution >= 0.6 is 11.3 Å². The molecule has 0 bridgehead atoms. The van der Waals surface area contributed by atoms with Crippen LogP contribution in [0.15, 0.2) is 17.5 Å². The van der Waals surface area contributed by atoms with E-state index in [2.05, 4.69) is 10.6 Å². The quantitative estimate of drug-likeness (QED) is 0.846. The Morgan fingerprint density at radius 1 is 1.25 bits per heavy atom. The molecule has 1 aliphatic carbocycles. The van der Waals surface area contributed by atoms with Crippen LogP contribution in [0, 0.1) is 11.8 Å². The minimum atomic E-state index is -0.481. The topological polar surface area (TPSA) is 58.2 Å². The van der Waals surface area contributed by atoms with E-state index < -0.39 is 6.04 Å². The summed E-state index contributed by atoms with van der Waals surface area (Å²) in [7, 11) is 0. The first-order chi connectivity index (χ1) is 9.49. The second kappa shape index (κ2) is 6.39. The molecule has 110 valence electrons. The lowest BCUT2D eigenvalue weighted by molar-refractivity contribution is -0.124. The van der Waals surface area contributed by atoms with Crippen molar-refractivity contribution in [2.24, 2.45) is 11.8 Å². The zero-order valence-electron chi connectivity index (χ0n) is 12.2. The lowest BCUT2D eigenvalue weighted by Crippen LogP contribution is -2.51. The molecule has 1 aromatic rings. The van der Waals surface area contributed by atoms with Crippen LogP contribution in [0.25, 0.3) is 0 Å². The lowest BCUT2D eigenvalue weighted by Gasteiger charge is -2.23. The van der Waals surface area contributed by atoms with Gasteiger partial charge in [-0.1, -0.05) is 19.9 Å². The Balaban J connectivity index is 1.95. The molecule has 1 aliphatic rings. The van der Waals surface area contributed by atoms with Crippen molar-refractivity contribution in [1.82, 2.24) is 10.6 Å². The number of rotatable bonds is 6. The van der Waals surface area contributed by atoms with Crippen molar-refractivity contribution in [3.63, 3.8) is 0 Å². The van der Waals surface area contributed by atoms with Gasteiger partial charge in [-0.3, -0.25) is 9.59 Å². The van der Waals surface area contributed by atoms with Crippen molar-refractivity contribution < 1.29 is 9.59 Å². The molecule has 2 atom stereocenters. The molecule has 4 nitrogen and oxygen atoms in total. The highest BCUT2D eigenvalue weighted by molar-refractivity contribution is 7.12. The third kappa shape index (κ3) is 3.82. The fraction of sp³-hybridized carbons (Fsp3) is 0.600. The van der Waals surface area contributed by atoms with Crippen LogP contribution < -0.4 is 10.6 Å². The maximum absolute atomic E-state index is 12.3. The number of carbonyl (C=O) groups excluding carboxylic acids is 2. The van der Waals surface area contributed by atoms with Crippen LogP contribution in [0.1, 0.15) is 43.3 Å². The minimum Gasteiger partial charge on any atom is -0.352 e. The van der Waals surface area contributed by atoms with Gasteiger partial charge in [-0.05, 0) is 43.0 Å². The van der Waals surface area contributed by atoms with E-state index in [0.717, 1.165) is 0 Å². The average molecular weight is 294 g/mol. The van der Waals surface area contributed by atoms with Gasteiger partial charge in [0.15, 0.2) is 0 Å². The van der Waals surface area contributed by atoms with Crippen LogP contribution in [0.2, 0.25) is 0 Å². The van der Waals surface area contributed by atoms with Crippen molar-refractivity contribution in [3.05, 3.63) is 22.4 Å². The largest absolute Gasteiger partial charge is 0.352 e. The highest BCUT2D eigenvalue weighted by atomic mass is 32.1. The molecule has 0 radical (unpaired) electrons. The monoisotopic (exact) mass is 294 g/mol. The van der Waals surface area contributed by atoms with Gasteiger partial charge in [-0.25, -0.2) is 0 Å². The average Bonchev–Trinajstić information content (AvgIpc) is 3.10. The standard InChI is InChI=1S/C15H22N2O2S/c1-9(2)13(15(19)16-10(3)11-6-7-11)17-14(18)12-5-4-8-20-12/h4-5,8-11,13H,6-7H2,1-3H3,(H,16,19)(H,17,18)/t10-,13+/m0/s1. The smallest absolute Gasteiger partial charge is 0.262 e. The third-order valence-corrected chi connectivity index (χ3v) is 4.55. The molecule has 20 heavy (non-hydrogen) atoms. The number of hydrogen-bond acceptors (Lipinski definition) is 3. The van der Waals surface area contributed by atoms with Gasteiger partial charge in [0.1, 0.15) is 6.04 Å². The number of thiophene rings is 1. The van der Waals surface area contributed by atoms with Gasteiger partial charge in [0.25, 0.3) is 5.91 Å². The van der Waals surface area contributed by atoms with E-state index in [1.54, 1.807) is 6.07 Å². The zero-order chi connectivity index (χ0) is 14.7. The second-order valence-corrected chi connectivity index (χ2v) is 6.75. The Labute approximate surface area is 124 Å². The molecular formula is C15H22N2O2S. The van der Waals surface area contributed by atoms with E-state index in [1.807, 2.05) is 32.2 Å². The molecule has 2 N–H and O–H groups in total. The van der Waals surface area contributed by atoms with Gasteiger partial charge < -0.3 is 10.6 Å². The van der Waals surface area contributed by atoms with Gasteiger partial charge in [0.05, 0.1) is 4.88 Å². The summed E-state index contributed by atoms with van der Waals surface area (Å²) in [5.74, 6) is 0.419. The molecule has 1 fully saturated rings. The van der Waals surface area contributed by atoms with Gasteiger partial charge in [-0.2, -0.15) is 0 Å². The SMILES string of the molecule is CC(C)[C@@H](NC(=O)c1cccs1)C(=O)N[C@@H](C)C1CC1. The lowest BCUT2D eigenvalue weighted by atomic mass is 10.0. The van der Waals surface area contributed by atoms with Crippen LogP contribution in [-0.4, -0.2) is 23.9 Å². The first-order valence-electron chi connectivity index (χ1n) is 7.13. The van der Waals surface area contributed by atoms with E-state index in [0.29, 0.717) is 10.8 Å². The minimum absolute atomic E-state index is 0.0605. The van der Waals surface area contributed by atoms with E-state index in [-0.39, 0.29) is 23.8 Å². The van der Waals surface area contributed by atoms with Crippen molar-refractivity contribution in [2.75, 3.05) is 0 Å². The fourth-order valence-corrected chi connectivity index (χ4v) is 2.81. The predicted molar refractivity (Wildman–Crippen MR) is 80.7 cm³/mol. The van der Waals surface area contributed by atoms with Crippen LogP contribution in [0.5, 0.6) is 0 Å². The number of carbonyl (C=O) groups is 2. The maximum Gasteiger partial charge on any atom is 0.262 e. The van der Waals surface area contributed by atoms with E-state index >= 15 is 0 Å². The van der Waals surface area contributed by atoms with E-state index in [9.17, 15) is 9.59 Å². The van der Waals surface area contributed by atoms with Crippen molar-refractivity contribution in [1.29, 1.82) is 0 Å². The van der Waals surface area contributed by atoms with Crippen LogP contribution in [0.4, 0.5) is 0 Å². The van der Waals surface area contributed by atoms with Crippen LogP contribution in [0.3, 0.4) is 0 Å². The zero-order valence-corrected chi connectivity index (χ0v) is 13.0. The van der Waals surface area contributed by atoms with Crippen molar-refractivity contribution in [3.8, 4) is 0 Å². The summed E-state index contributed by atoms with van der Waals surface area (Å²) in [5, 5.41) is 7.72. The van der Waals surface area contributed by atoms with Gasteiger partial charge >= 0.3 is 0 Å². The Morgan fingerprint density at radius 2 is 1.95 bits per heavy atom. The number of nitrogens with one attached hydrogen (secondary N) is 2. The Hall–Kier alpha value is -1.36. The summed E-state index contributed by atoms with van der Waals surface area (Å²) < 4.78 is 0. The van der Waals surface area contributed by atoms with Gasteiger partial charge in [-0.15, -0.1) is 11.3 Å². The van der Waals surface area contributed by atoms with Gasteiger partial charge in [0, 0.05) is 6.04 Å². The summed E-state index contributed by atoms with van der Waals surface area (Å²) >= 11 is 1.38. The summed E-state index contributed by atoms with van der Waals surface area (Å²) in [4.78, 5) is 25.0. The molecule has 0 unspecified atom stereocenters. The normalized spacial score (nSPS) is 17.6. The molecule has 1 saturated carbocycles. The third-order valence-electron chi connectivity index (χ3n) is 3.68. The molecule has 1 aromatic heterocycles. The van der Waals surface area contributed by atoms with Crippen molar-refractivity contribution >= 4 is 23.2 Å².